The Hall–Kier alpha value is -1.90. The highest BCUT2D eigenvalue weighted by molar-refractivity contribution is 7.89. The molecule has 0 radical (unpaired) electrons. The first-order valence-electron chi connectivity index (χ1n) is 8.55. The van der Waals surface area contributed by atoms with Gasteiger partial charge in [-0.3, -0.25) is 0 Å². The second kappa shape index (κ2) is 7.61. The van der Waals surface area contributed by atoms with E-state index >= 15 is 0 Å². The minimum Gasteiger partial charge on any atom is -0.497 e. The van der Waals surface area contributed by atoms with Crippen molar-refractivity contribution in [3.63, 3.8) is 0 Å². The second-order valence-corrected chi connectivity index (χ2v) is 8.79. The van der Waals surface area contributed by atoms with E-state index in [1.165, 1.54) is 6.20 Å². The van der Waals surface area contributed by atoms with E-state index < -0.39 is 15.6 Å². The van der Waals surface area contributed by atoms with E-state index in [0.717, 1.165) is 6.42 Å². The summed E-state index contributed by atoms with van der Waals surface area (Å²) in [6, 6.07) is 5.10. The zero-order valence-corrected chi connectivity index (χ0v) is 17.0. The van der Waals surface area contributed by atoms with Gasteiger partial charge in [-0.1, -0.05) is 11.6 Å². The van der Waals surface area contributed by atoms with Gasteiger partial charge < -0.3 is 9.47 Å². The van der Waals surface area contributed by atoms with Crippen LogP contribution in [0.15, 0.2) is 29.3 Å². The number of nitrogens with zero attached hydrogens (tertiary/aromatic N) is 2. The van der Waals surface area contributed by atoms with E-state index in [9.17, 15) is 8.42 Å². The Balaban J connectivity index is 1.81. The highest BCUT2D eigenvalue weighted by Gasteiger charge is 2.42. The Morgan fingerprint density at radius 1 is 1.26 bits per heavy atom. The van der Waals surface area contributed by atoms with Crippen LogP contribution in [0.5, 0.6) is 11.8 Å². The number of aromatic nitrogens is 2. The largest absolute Gasteiger partial charge is 0.497 e. The van der Waals surface area contributed by atoms with Crippen molar-refractivity contribution in [3.8, 4) is 11.8 Å². The van der Waals surface area contributed by atoms with Gasteiger partial charge in [-0.2, -0.15) is 4.98 Å². The van der Waals surface area contributed by atoms with E-state index in [2.05, 4.69) is 14.7 Å². The molecule has 1 aromatic carbocycles. The van der Waals surface area contributed by atoms with Gasteiger partial charge >= 0.3 is 6.01 Å². The molecule has 1 aliphatic rings. The Morgan fingerprint density at radius 3 is 2.44 bits per heavy atom. The lowest BCUT2D eigenvalue weighted by molar-refractivity contribution is 0.118. The van der Waals surface area contributed by atoms with E-state index in [4.69, 9.17) is 21.1 Å². The lowest BCUT2D eigenvalue weighted by Crippen LogP contribution is -2.57. The highest BCUT2D eigenvalue weighted by atomic mass is 35.5. The smallest absolute Gasteiger partial charge is 0.317 e. The van der Waals surface area contributed by atoms with Gasteiger partial charge in [-0.15, -0.1) is 0 Å². The van der Waals surface area contributed by atoms with Crippen molar-refractivity contribution in [1.82, 2.24) is 14.7 Å². The predicted molar refractivity (Wildman–Crippen MR) is 102 cm³/mol. The zero-order valence-electron chi connectivity index (χ0n) is 15.5. The van der Waals surface area contributed by atoms with Gasteiger partial charge in [0.05, 0.1) is 17.5 Å². The molecule has 0 bridgehead atoms. The number of rotatable bonds is 7. The molecule has 1 heterocycles. The average molecular weight is 412 g/mol. The fourth-order valence-electron chi connectivity index (χ4n) is 3.26. The van der Waals surface area contributed by atoms with Crippen molar-refractivity contribution in [2.45, 2.75) is 43.5 Å². The third-order valence-electron chi connectivity index (χ3n) is 4.68. The minimum atomic E-state index is -3.73. The predicted octanol–water partition coefficient (Wildman–Crippen LogP) is 3.04. The van der Waals surface area contributed by atoms with E-state index in [1.54, 1.807) is 39.2 Å². The summed E-state index contributed by atoms with van der Waals surface area (Å²) in [6.07, 6.45) is 3.78. The molecule has 1 aliphatic carbocycles. The fourth-order valence-corrected chi connectivity index (χ4v) is 5.29. The van der Waals surface area contributed by atoms with Gasteiger partial charge in [0.2, 0.25) is 10.0 Å². The summed E-state index contributed by atoms with van der Waals surface area (Å²) in [5, 5.41) is 0.271. The number of ether oxygens (including phenoxy) is 2. The lowest BCUT2D eigenvalue weighted by atomic mass is 9.78. The maximum Gasteiger partial charge on any atom is 0.317 e. The molecule has 1 aromatic heterocycles. The van der Waals surface area contributed by atoms with Crippen LogP contribution in [0, 0.1) is 13.8 Å². The van der Waals surface area contributed by atoms with Crippen molar-refractivity contribution in [1.29, 1.82) is 0 Å². The van der Waals surface area contributed by atoms with E-state index in [0.29, 0.717) is 29.7 Å². The van der Waals surface area contributed by atoms with Crippen LogP contribution >= 0.6 is 11.6 Å². The lowest BCUT2D eigenvalue weighted by Gasteiger charge is -2.41. The molecule has 0 aliphatic heterocycles. The normalized spacial score (nSPS) is 15.9. The number of hydrogen-bond donors (Lipinski definition) is 1. The molecule has 146 valence electrons. The molecule has 3 rings (SSSR count). The third kappa shape index (κ3) is 4.34. The Kier molecular flexibility index (Phi) is 5.60. The molecule has 1 saturated carbocycles. The van der Waals surface area contributed by atoms with Crippen molar-refractivity contribution in [2.24, 2.45) is 0 Å². The first kappa shape index (κ1) is 19.9. The monoisotopic (exact) mass is 411 g/mol. The quantitative estimate of drug-likeness (QED) is 0.704. The fraction of sp³-hybridized carbons (Fsp3) is 0.444. The molecular weight excluding hydrogens is 390 g/mol. The van der Waals surface area contributed by atoms with Gasteiger partial charge in [0.15, 0.2) is 0 Å². The molecular formula is C18H22ClN3O4S. The number of hydrogen-bond acceptors (Lipinski definition) is 6. The summed E-state index contributed by atoms with van der Waals surface area (Å²) in [6.45, 7) is 3.66. The molecule has 1 N–H and O–H groups in total. The molecule has 0 saturated heterocycles. The molecule has 0 unspecified atom stereocenters. The zero-order chi connectivity index (χ0) is 19.7. The van der Waals surface area contributed by atoms with Crippen molar-refractivity contribution in [3.05, 3.63) is 40.7 Å². The number of aryl methyl sites for hydroxylation is 2. The second-order valence-electron chi connectivity index (χ2n) is 6.78. The third-order valence-corrected chi connectivity index (χ3v) is 6.77. The number of methoxy groups -OCH3 is 1. The maximum absolute atomic E-state index is 13.1. The number of benzene rings is 1. The molecule has 0 spiro atoms. The van der Waals surface area contributed by atoms with Gasteiger partial charge in [-0.25, -0.2) is 18.1 Å². The van der Waals surface area contributed by atoms with Crippen LogP contribution in [0.3, 0.4) is 0 Å². The summed E-state index contributed by atoms with van der Waals surface area (Å²) >= 11 is 5.84. The average Bonchev–Trinajstić information content (AvgIpc) is 2.56. The molecule has 0 atom stereocenters. The molecule has 2 aromatic rings. The summed E-state index contributed by atoms with van der Waals surface area (Å²) in [4.78, 5) is 8.24. The SMILES string of the molecule is COc1cc(C)c(S(=O)(=O)NC2(COc3nccc(Cl)n3)CCC2)c(C)c1. The molecule has 0 amide bonds. The Bertz CT molecular complexity index is 922. The summed E-state index contributed by atoms with van der Waals surface area (Å²) in [5.74, 6) is 0.628. The number of nitrogens with one attached hydrogen (secondary N) is 1. The maximum atomic E-state index is 13.1. The van der Waals surface area contributed by atoms with Crippen LogP contribution in [-0.4, -0.2) is 37.6 Å². The number of sulfonamides is 1. The van der Waals surface area contributed by atoms with E-state index in [1.807, 2.05) is 0 Å². The Morgan fingerprint density at radius 2 is 1.93 bits per heavy atom. The van der Waals surface area contributed by atoms with Crippen LogP contribution in [0.2, 0.25) is 5.15 Å². The Labute approximate surface area is 164 Å². The van der Waals surface area contributed by atoms with Crippen LogP contribution in [0.25, 0.3) is 0 Å². The van der Waals surface area contributed by atoms with Crippen molar-refractivity contribution >= 4 is 21.6 Å². The van der Waals surface area contributed by atoms with Gasteiger partial charge in [0.1, 0.15) is 17.5 Å². The minimum absolute atomic E-state index is 0.129. The molecule has 9 heteroatoms. The first-order chi connectivity index (χ1) is 12.7. The molecule has 1 fully saturated rings. The topological polar surface area (TPSA) is 90.4 Å². The highest BCUT2D eigenvalue weighted by Crippen LogP contribution is 2.35. The standard InChI is InChI=1S/C18H22ClN3O4S/c1-12-9-14(25-3)10-13(2)16(12)27(23,24)22-18(6-4-7-18)11-26-17-20-8-5-15(19)21-17/h5,8-10,22H,4,6-7,11H2,1-3H3. The van der Waals surface area contributed by atoms with Crippen LogP contribution in [-0.2, 0) is 10.0 Å². The van der Waals surface area contributed by atoms with Gasteiger partial charge in [-0.05, 0) is 62.4 Å². The van der Waals surface area contributed by atoms with Crippen LogP contribution in [0.4, 0.5) is 0 Å². The van der Waals surface area contributed by atoms with E-state index in [-0.39, 0.29) is 22.7 Å². The van der Waals surface area contributed by atoms with Gasteiger partial charge in [0.25, 0.3) is 0 Å². The van der Waals surface area contributed by atoms with Crippen LogP contribution < -0.4 is 14.2 Å². The summed E-state index contributed by atoms with van der Waals surface area (Å²) in [7, 11) is -2.18. The summed E-state index contributed by atoms with van der Waals surface area (Å²) < 4.78 is 39.9. The molecule has 7 nitrogen and oxygen atoms in total. The number of halogens is 1. The van der Waals surface area contributed by atoms with Crippen molar-refractivity contribution < 1.29 is 17.9 Å². The van der Waals surface area contributed by atoms with Crippen LogP contribution in [0.1, 0.15) is 30.4 Å². The van der Waals surface area contributed by atoms with Gasteiger partial charge in [0, 0.05) is 6.20 Å². The molecule has 27 heavy (non-hydrogen) atoms. The van der Waals surface area contributed by atoms with Crippen molar-refractivity contribution in [2.75, 3.05) is 13.7 Å². The first-order valence-corrected chi connectivity index (χ1v) is 10.4. The summed E-state index contributed by atoms with van der Waals surface area (Å²) in [5.41, 5.74) is 0.587.